The highest BCUT2D eigenvalue weighted by Gasteiger charge is 2.10. The summed E-state index contributed by atoms with van der Waals surface area (Å²) in [6.45, 7) is -2.47. The van der Waals surface area contributed by atoms with Crippen LogP contribution < -0.4 is 10.1 Å². The van der Waals surface area contributed by atoms with Crippen LogP contribution in [0.25, 0.3) is 0 Å². The second-order valence-corrected chi connectivity index (χ2v) is 5.69. The Hall–Kier alpha value is -0.790. The molecule has 8 heteroatoms. The van der Waals surface area contributed by atoms with Gasteiger partial charge in [-0.2, -0.15) is 8.78 Å². The first-order chi connectivity index (χ1) is 9.45. The Bertz CT molecular complexity index is 588. The van der Waals surface area contributed by atoms with Crippen LogP contribution in [0.5, 0.6) is 5.75 Å². The molecule has 0 aliphatic rings. The monoisotopic (exact) mass is 429 g/mol. The van der Waals surface area contributed by atoms with Gasteiger partial charge in [-0.15, -0.1) is 0 Å². The molecule has 0 radical (unpaired) electrons. The van der Waals surface area contributed by atoms with Crippen molar-refractivity contribution in [1.29, 1.82) is 0 Å². The lowest BCUT2D eigenvalue weighted by Gasteiger charge is -2.09. The molecule has 0 bridgehead atoms. The molecule has 1 N–H and O–H groups in total. The maximum absolute atomic E-state index is 12.1. The Morgan fingerprint density at radius 1 is 1.30 bits per heavy atom. The van der Waals surface area contributed by atoms with Crippen LogP contribution >= 0.6 is 43.5 Å². The van der Waals surface area contributed by atoms with E-state index in [0.717, 1.165) is 4.47 Å². The van der Waals surface area contributed by atoms with Crippen LogP contribution in [0.15, 0.2) is 37.8 Å². The zero-order valence-corrected chi connectivity index (χ0v) is 13.7. The minimum absolute atomic E-state index is 0.0595. The number of rotatable bonds is 5. The van der Waals surface area contributed by atoms with Crippen LogP contribution in [-0.4, -0.2) is 6.61 Å². The maximum atomic E-state index is 12.1. The van der Waals surface area contributed by atoms with Crippen molar-refractivity contribution in [3.8, 4) is 5.75 Å². The summed E-state index contributed by atoms with van der Waals surface area (Å²) in [6.07, 6.45) is 0. The van der Waals surface area contributed by atoms with E-state index in [2.05, 4.69) is 41.9 Å². The van der Waals surface area contributed by atoms with E-state index in [1.54, 1.807) is 6.07 Å². The second kappa shape index (κ2) is 6.78. The summed E-state index contributed by atoms with van der Waals surface area (Å²) in [5.74, 6) is 0.642. The third kappa shape index (κ3) is 4.10. The fourth-order valence-electron chi connectivity index (χ4n) is 1.47. The number of halogens is 5. The Labute approximate surface area is 135 Å². The second-order valence-electron chi connectivity index (χ2n) is 3.71. The summed E-state index contributed by atoms with van der Waals surface area (Å²) in [6, 6.07) is 6.29. The van der Waals surface area contributed by atoms with E-state index < -0.39 is 6.61 Å². The van der Waals surface area contributed by atoms with Crippen LogP contribution in [0, 0.1) is 0 Å². The summed E-state index contributed by atoms with van der Waals surface area (Å²) < 4.78 is 35.3. The standard InChI is InChI=1S/C12H8Br2ClF2NO2/c13-8-4-7(19-11(8)14)5-18-6-1-2-10(9(15)3-6)20-12(16)17/h1-4,12,18H,5H2. The number of anilines is 1. The molecule has 0 saturated carbocycles. The van der Waals surface area contributed by atoms with Gasteiger partial charge in [-0.3, -0.25) is 0 Å². The number of hydrogen-bond donors (Lipinski definition) is 1. The molecule has 3 nitrogen and oxygen atoms in total. The van der Waals surface area contributed by atoms with Crippen molar-refractivity contribution in [2.75, 3.05) is 5.32 Å². The maximum Gasteiger partial charge on any atom is 0.387 e. The van der Waals surface area contributed by atoms with Crippen LogP contribution in [0.3, 0.4) is 0 Å². The Balaban J connectivity index is 2.01. The molecular formula is C12H8Br2ClF2NO2. The average Bonchev–Trinajstić information content (AvgIpc) is 2.69. The van der Waals surface area contributed by atoms with Gasteiger partial charge >= 0.3 is 6.61 Å². The van der Waals surface area contributed by atoms with Gasteiger partial charge in [0.15, 0.2) is 4.67 Å². The van der Waals surface area contributed by atoms with Crippen molar-refractivity contribution in [3.63, 3.8) is 0 Å². The first-order valence-corrected chi connectivity index (χ1v) is 7.34. The Morgan fingerprint density at radius 3 is 2.60 bits per heavy atom. The van der Waals surface area contributed by atoms with Gasteiger partial charge in [0.05, 0.1) is 16.0 Å². The number of nitrogens with one attached hydrogen (secondary N) is 1. The third-order valence-electron chi connectivity index (χ3n) is 2.31. The van der Waals surface area contributed by atoms with E-state index in [9.17, 15) is 8.78 Å². The molecule has 0 fully saturated rings. The normalized spacial score (nSPS) is 10.9. The van der Waals surface area contributed by atoms with E-state index in [4.69, 9.17) is 16.0 Å². The third-order valence-corrected chi connectivity index (χ3v) is 4.32. The van der Waals surface area contributed by atoms with Gasteiger partial charge in [-0.25, -0.2) is 0 Å². The molecule has 0 atom stereocenters. The summed E-state index contributed by atoms with van der Waals surface area (Å²) in [5, 5.41) is 3.17. The summed E-state index contributed by atoms with van der Waals surface area (Å²) >= 11 is 12.4. The van der Waals surface area contributed by atoms with Crippen molar-refractivity contribution in [2.24, 2.45) is 0 Å². The van der Waals surface area contributed by atoms with E-state index in [-0.39, 0.29) is 10.8 Å². The number of furan rings is 1. The fraction of sp³-hybridized carbons (Fsp3) is 0.167. The highest BCUT2D eigenvalue weighted by molar-refractivity contribution is 9.13. The highest BCUT2D eigenvalue weighted by atomic mass is 79.9. The number of alkyl halides is 2. The molecule has 1 aromatic carbocycles. The molecule has 0 aliphatic heterocycles. The van der Waals surface area contributed by atoms with E-state index in [0.29, 0.717) is 22.7 Å². The lowest BCUT2D eigenvalue weighted by Crippen LogP contribution is -2.03. The van der Waals surface area contributed by atoms with Gasteiger partial charge in [0.2, 0.25) is 0 Å². The van der Waals surface area contributed by atoms with Crippen LogP contribution in [-0.2, 0) is 6.54 Å². The Morgan fingerprint density at radius 2 is 2.05 bits per heavy atom. The van der Waals surface area contributed by atoms with Gasteiger partial charge in [-0.05, 0) is 56.1 Å². The summed E-state index contributed by atoms with van der Waals surface area (Å²) in [7, 11) is 0. The number of benzene rings is 1. The quantitative estimate of drug-likeness (QED) is 0.662. The van der Waals surface area contributed by atoms with E-state index in [1.165, 1.54) is 12.1 Å². The van der Waals surface area contributed by atoms with Gasteiger partial charge in [-0.1, -0.05) is 11.6 Å². The van der Waals surface area contributed by atoms with Gasteiger partial charge in [0.25, 0.3) is 0 Å². The van der Waals surface area contributed by atoms with Crippen molar-refractivity contribution < 1.29 is 17.9 Å². The predicted octanol–water partition coefficient (Wildman–Crippen LogP) is 5.67. The van der Waals surface area contributed by atoms with Crippen molar-refractivity contribution >= 4 is 49.1 Å². The molecule has 1 heterocycles. The van der Waals surface area contributed by atoms with Gasteiger partial charge in [0.1, 0.15) is 11.5 Å². The molecule has 0 saturated heterocycles. The molecule has 2 aromatic rings. The number of hydrogen-bond acceptors (Lipinski definition) is 3. The minimum atomic E-state index is -2.90. The smallest absolute Gasteiger partial charge is 0.387 e. The van der Waals surface area contributed by atoms with E-state index >= 15 is 0 Å². The van der Waals surface area contributed by atoms with Crippen LogP contribution in [0.2, 0.25) is 5.02 Å². The Kier molecular flexibility index (Phi) is 5.29. The minimum Gasteiger partial charge on any atom is -0.451 e. The molecule has 1 aromatic heterocycles. The molecule has 0 aliphatic carbocycles. The topological polar surface area (TPSA) is 34.4 Å². The highest BCUT2D eigenvalue weighted by Crippen LogP contribution is 2.30. The van der Waals surface area contributed by atoms with Gasteiger partial charge < -0.3 is 14.5 Å². The lowest BCUT2D eigenvalue weighted by atomic mass is 10.3. The summed E-state index contributed by atoms with van der Waals surface area (Å²) in [4.78, 5) is 0. The number of ether oxygens (including phenoxy) is 1. The molecule has 0 spiro atoms. The zero-order chi connectivity index (χ0) is 14.7. The average molecular weight is 431 g/mol. The van der Waals surface area contributed by atoms with Gasteiger partial charge in [0, 0.05) is 5.69 Å². The van der Waals surface area contributed by atoms with Crippen LogP contribution in [0.1, 0.15) is 5.76 Å². The summed E-state index contributed by atoms with van der Waals surface area (Å²) in [5.41, 5.74) is 0.667. The molecular weight excluding hydrogens is 423 g/mol. The zero-order valence-electron chi connectivity index (χ0n) is 9.80. The molecule has 108 valence electrons. The first-order valence-electron chi connectivity index (χ1n) is 5.37. The van der Waals surface area contributed by atoms with Crippen molar-refractivity contribution in [2.45, 2.75) is 13.2 Å². The first kappa shape index (κ1) is 15.6. The van der Waals surface area contributed by atoms with Crippen molar-refractivity contribution in [3.05, 3.63) is 44.2 Å². The molecule has 0 unspecified atom stereocenters. The molecule has 2 rings (SSSR count). The van der Waals surface area contributed by atoms with Crippen LogP contribution in [0.4, 0.5) is 14.5 Å². The fourth-order valence-corrected chi connectivity index (χ4v) is 2.35. The molecule has 20 heavy (non-hydrogen) atoms. The van der Waals surface area contributed by atoms with E-state index in [1.807, 2.05) is 6.07 Å². The largest absolute Gasteiger partial charge is 0.451 e. The van der Waals surface area contributed by atoms with Crippen molar-refractivity contribution in [1.82, 2.24) is 0 Å². The lowest BCUT2D eigenvalue weighted by molar-refractivity contribution is -0.0497. The predicted molar refractivity (Wildman–Crippen MR) is 79.5 cm³/mol. The SMILES string of the molecule is FC(F)Oc1ccc(NCc2cc(Br)c(Br)o2)cc1Cl. The molecule has 0 amide bonds.